The summed E-state index contributed by atoms with van der Waals surface area (Å²) in [5.74, 6) is 1.85. The maximum atomic E-state index is 12.9. The first kappa shape index (κ1) is 25.3. The van der Waals surface area contributed by atoms with Gasteiger partial charge in [0.05, 0.1) is 42.8 Å². The Balaban J connectivity index is 1.32. The molecule has 0 radical (unpaired) electrons. The van der Waals surface area contributed by atoms with Gasteiger partial charge in [-0.1, -0.05) is 42.5 Å². The van der Waals surface area contributed by atoms with Crippen LogP contribution in [0.15, 0.2) is 72.9 Å². The molecule has 1 aliphatic carbocycles. The number of allylic oxidation sites excluding steroid dienone is 2. The van der Waals surface area contributed by atoms with Gasteiger partial charge in [0.1, 0.15) is 23.9 Å². The molecular formula is C30H32N4O4. The number of rotatable bonds is 9. The Bertz CT molecular complexity index is 1450. The van der Waals surface area contributed by atoms with Gasteiger partial charge in [-0.25, -0.2) is 4.98 Å². The lowest BCUT2D eigenvalue weighted by Gasteiger charge is -2.24. The smallest absolute Gasteiger partial charge is 0.309 e. The first-order chi connectivity index (χ1) is 18.6. The molecule has 0 amide bonds. The van der Waals surface area contributed by atoms with E-state index in [0.717, 1.165) is 45.0 Å². The van der Waals surface area contributed by atoms with Crippen molar-refractivity contribution in [3.63, 3.8) is 0 Å². The zero-order chi connectivity index (χ0) is 26.5. The van der Waals surface area contributed by atoms with Crippen molar-refractivity contribution in [1.82, 2.24) is 14.8 Å². The van der Waals surface area contributed by atoms with Crippen LogP contribution in [0.4, 0.5) is 5.82 Å². The minimum atomic E-state index is -0.213. The average molecular weight is 513 g/mol. The van der Waals surface area contributed by atoms with E-state index >= 15 is 0 Å². The molecule has 0 saturated carbocycles. The summed E-state index contributed by atoms with van der Waals surface area (Å²) in [6, 6.07) is 17.4. The van der Waals surface area contributed by atoms with E-state index in [4.69, 9.17) is 19.3 Å². The number of hydrogen-bond donors (Lipinski definition) is 1. The van der Waals surface area contributed by atoms with E-state index in [9.17, 15) is 4.79 Å². The Morgan fingerprint density at radius 3 is 2.74 bits per heavy atom. The maximum absolute atomic E-state index is 12.9. The van der Waals surface area contributed by atoms with Gasteiger partial charge in [-0.3, -0.25) is 9.48 Å². The molecule has 196 valence electrons. The fourth-order valence-electron chi connectivity index (χ4n) is 4.91. The van der Waals surface area contributed by atoms with Crippen LogP contribution in [0.25, 0.3) is 10.9 Å². The van der Waals surface area contributed by atoms with Crippen molar-refractivity contribution in [1.29, 1.82) is 0 Å². The van der Waals surface area contributed by atoms with Crippen LogP contribution < -0.4 is 14.8 Å². The number of anilines is 1. The molecule has 2 aromatic heterocycles. The number of aryl methyl sites for hydroxylation is 1. The van der Waals surface area contributed by atoms with Gasteiger partial charge in [0, 0.05) is 24.4 Å². The summed E-state index contributed by atoms with van der Waals surface area (Å²) in [4.78, 5) is 17.5. The molecule has 8 nitrogen and oxygen atoms in total. The standard InChI is InChI=1S/C30H32N4O4/c1-20-28-26(14-15-31-29(28)32-18-23-12-13-25(36-2)17-27(23)37-3)34(33-20)24-11-7-10-22(16-24)30(35)38-19-21-8-5-4-6-9-21/h4-9,11-15,17,22,24H,10,16,18-19H2,1-3H3,(H,31,32)/t22-,24-/m1/s1. The fourth-order valence-corrected chi connectivity index (χ4v) is 4.91. The number of nitrogens with zero attached hydrogens (tertiary/aromatic N) is 3. The van der Waals surface area contributed by atoms with Crippen molar-refractivity contribution in [2.75, 3.05) is 19.5 Å². The Labute approximate surface area is 222 Å². The van der Waals surface area contributed by atoms with Gasteiger partial charge >= 0.3 is 5.97 Å². The summed E-state index contributed by atoms with van der Waals surface area (Å²) >= 11 is 0. The second-order valence-corrected chi connectivity index (χ2v) is 9.37. The van der Waals surface area contributed by atoms with E-state index < -0.39 is 0 Å². The number of fused-ring (bicyclic) bond motifs is 1. The number of benzene rings is 2. The predicted octanol–water partition coefficient (Wildman–Crippen LogP) is 5.62. The van der Waals surface area contributed by atoms with E-state index in [1.54, 1.807) is 20.4 Å². The minimum absolute atomic E-state index is 0.0499. The quantitative estimate of drug-likeness (QED) is 0.230. The number of methoxy groups -OCH3 is 2. The van der Waals surface area contributed by atoms with Crippen LogP contribution in [-0.2, 0) is 22.7 Å². The minimum Gasteiger partial charge on any atom is -0.497 e. The molecule has 4 aromatic rings. The second-order valence-electron chi connectivity index (χ2n) is 9.37. The lowest BCUT2D eigenvalue weighted by atomic mass is 9.91. The summed E-state index contributed by atoms with van der Waals surface area (Å²) < 4.78 is 18.5. The molecule has 0 bridgehead atoms. The summed E-state index contributed by atoms with van der Waals surface area (Å²) in [6.07, 6.45) is 7.27. The molecule has 2 heterocycles. The molecule has 0 saturated heterocycles. The summed E-state index contributed by atoms with van der Waals surface area (Å²) in [6.45, 7) is 2.80. The SMILES string of the molecule is COc1ccc(CNc2nccc3c2c(C)nn3[C@@H]2C=CC[C@@H](C(=O)OCc3ccccc3)C2)c(OC)c1. The molecule has 0 unspecified atom stereocenters. The van der Waals surface area contributed by atoms with Crippen molar-refractivity contribution in [2.45, 2.75) is 39.0 Å². The zero-order valence-electron chi connectivity index (χ0n) is 21.9. The van der Waals surface area contributed by atoms with Crippen molar-refractivity contribution in [3.8, 4) is 11.5 Å². The number of carbonyl (C=O) groups excluding carboxylic acids is 1. The van der Waals surface area contributed by atoms with Gasteiger partial charge in [0.2, 0.25) is 0 Å². The number of aromatic nitrogens is 3. The number of esters is 1. The molecule has 2 atom stereocenters. The Hall–Kier alpha value is -4.33. The molecular weight excluding hydrogens is 480 g/mol. The lowest BCUT2D eigenvalue weighted by Crippen LogP contribution is -2.24. The number of ether oxygens (including phenoxy) is 3. The highest BCUT2D eigenvalue weighted by Crippen LogP contribution is 2.34. The maximum Gasteiger partial charge on any atom is 0.309 e. The normalized spacial score (nSPS) is 16.8. The Morgan fingerprint density at radius 2 is 1.95 bits per heavy atom. The van der Waals surface area contributed by atoms with Crippen LogP contribution in [-0.4, -0.2) is 35.0 Å². The van der Waals surface area contributed by atoms with Crippen LogP contribution >= 0.6 is 0 Å². The third kappa shape index (κ3) is 5.34. The summed E-state index contributed by atoms with van der Waals surface area (Å²) in [5.41, 5.74) is 3.82. The van der Waals surface area contributed by atoms with E-state index in [1.165, 1.54) is 0 Å². The monoisotopic (exact) mass is 512 g/mol. The number of carbonyl (C=O) groups is 1. The first-order valence-electron chi connectivity index (χ1n) is 12.7. The molecule has 1 aliphatic rings. The van der Waals surface area contributed by atoms with E-state index in [-0.39, 0.29) is 24.5 Å². The molecule has 0 aliphatic heterocycles. The van der Waals surface area contributed by atoms with E-state index in [1.807, 2.05) is 66.2 Å². The Kier molecular flexibility index (Phi) is 7.58. The average Bonchev–Trinajstić information content (AvgIpc) is 3.32. The number of nitrogens with one attached hydrogen (secondary N) is 1. The molecule has 0 spiro atoms. The third-order valence-corrected chi connectivity index (χ3v) is 6.91. The van der Waals surface area contributed by atoms with Crippen LogP contribution in [0.2, 0.25) is 0 Å². The number of hydrogen-bond acceptors (Lipinski definition) is 7. The van der Waals surface area contributed by atoms with Crippen molar-refractivity contribution < 1.29 is 19.0 Å². The molecule has 1 N–H and O–H groups in total. The van der Waals surface area contributed by atoms with Crippen LogP contribution in [0.3, 0.4) is 0 Å². The van der Waals surface area contributed by atoms with Crippen molar-refractivity contribution >= 4 is 22.7 Å². The number of pyridine rings is 1. The third-order valence-electron chi connectivity index (χ3n) is 6.91. The van der Waals surface area contributed by atoms with E-state index in [2.05, 4.69) is 22.5 Å². The van der Waals surface area contributed by atoms with Crippen LogP contribution in [0, 0.1) is 12.8 Å². The Morgan fingerprint density at radius 1 is 1.11 bits per heavy atom. The van der Waals surface area contributed by atoms with Gasteiger partial charge in [-0.05, 0) is 43.5 Å². The molecule has 38 heavy (non-hydrogen) atoms. The highest BCUT2D eigenvalue weighted by Gasteiger charge is 2.28. The van der Waals surface area contributed by atoms with E-state index in [0.29, 0.717) is 19.4 Å². The first-order valence-corrected chi connectivity index (χ1v) is 12.7. The molecule has 0 fully saturated rings. The largest absolute Gasteiger partial charge is 0.497 e. The molecule has 8 heteroatoms. The van der Waals surface area contributed by atoms with Crippen molar-refractivity contribution in [2.24, 2.45) is 5.92 Å². The molecule has 2 aromatic carbocycles. The van der Waals surface area contributed by atoms with Gasteiger partial charge in [-0.15, -0.1) is 0 Å². The topological polar surface area (TPSA) is 87.5 Å². The summed E-state index contributed by atoms with van der Waals surface area (Å²) in [5, 5.41) is 9.28. The predicted molar refractivity (Wildman–Crippen MR) is 146 cm³/mol. The highest BCUT2D eigenvalue weighted by atomic mass is 16.5. The van der Waals surface area contributed by atoms with Crippen LogP contribution in [0.5, 0.6) is 11.5 Å². The highest BCUT2D eigenvalue weighted by molar-refractivity contribution is 5.92. The van der Waals surface area contributed by atoms with Crippen LogP contribution in [0.1, 0.15) is 35.7 Å². The van der Waals surface area contributed by atoms with Crippen molar-refractivity contribution in [3.05, 3.63) is 89.8 Å². The fraction of sp³-hybridized carbons (Fsp3) is 0.300. The molecule has 5 rings (SSSR count). The van der Waals surface area contributed by atoms with Gasteiger partial charge in [0.25, 0.3) is 0 Å². The summed E-state index contributed by atoms with van der Waals surface area (Å²) in [7, 11) is 3.28. The van der Waals surface area contributed by atoms with Gasteiger partial charge < -0.3 is 19.5 Å². The lowest BCUT2D eigenvalue weighted by molar-refractivity contribution is -0.150. The van der Waals surface area contributed by atoms with Gasteiger partial charge in [0.15, 0.2) is 0 Å². The second kappa shape index (κ2) is 11.4. The van der Waals surface area contributed by atoms with Gasteiger partial charge in [-0.2, -0.15) is 5.10 Å². The zero-order valence-corrected chi connectivity index (χ0v) is 21.9.